The van der Waals surface area contributed by atoms with Gasteiger partial charge in [0.1, 0.15) is 5.75 Å². The summed E-state index contributed by atoms with van der Waals surface area (Å²) in [4.78, 5) is 13.2. The van der Waals surface area contributed by atoms with Crippen molar-refractivity contribution in [3.05, 3.63) is 30.0 Å². The van der Waals surface area contributed by atoms with Gasteiger partial charge in [-0.15, -0.1) is 28.2 Å². The van der Waals surface area contributed by atoms with Gasteiger partial charge >= 0.3 is 6.36 Å². The van der Waals surface area contributed by atoms with E-state index in [1.807, 2.05) is 0 Å². The Morgan fingerprint density at radius 1 is 1.19 bits per heavy atom. The normalized spacial score (nSPS) is 24.2. The highest BCUT2D eigenvalue weighted by atomic mass is 19.4. The molecule has 0 saturated heterocycles. The Morgan fingerprint density at radius 3 is 2.48 bits per heavy atom. The first kappa shape index (κ1) is 17.8. The third-order valence-electron chi connectivity index (χ3n) is 5.31. The van der Waals surface area contributed by atoms with Gasteiger partial charge in [-0.3, -0.25) is 4.79 Å². The number of carbonyl (C=O) groups is 1. The first-order valence-electron chi connectivity index (χ1n) is 8.89. The molecule has 2 fully saturated rings. The van der Waals surface area contributed by atoms with Crippen molar-refractivity contribution in [3.63, 3.8) is 0 Å². The molecule has 1 N–H and O–H groups in total. The Balaban J connectivity index is 1.55. The second-order valence-electron chi connectivity index (χ2n) is 7.21. The highest BCUT2D eigenvalue weighted by Gasteiger charge is 2.40. The molecule has 0 spiro atoms. The summed E-state index contributed by atoms with van der Waals surface area (Å²) < 4.78 is 40.7. The maximum Gasteiger partial charge on any atom is 0.573 e. The van der Waals surface area contributed by atoms with Gasteiger partial charge in [-0.25, -0.2) is 0 Å². The quantitative estimate of drug-likeness (QED) is 0.795. The van der Waals surface area contributed by atoms with Gasteiger partial charge in [-0.05, 0) is 55.4 Å². The predicted octanol–water partition coefficient (Wildman–Crippen LogP) is 3.97. The predicted molar refractivity (Wildman–Crippen MR) is 90.9 cm³/mol. The molecule has 2 aliphatic carbocycles. The van der Waals surface area contributed by atoms with E-state index in [2.05, 4.69) is 20.3 Å². The van der Waals surface area contributed by atoms with Crippen molar-refractivity contribution in [3.8, 4) is 11.4 Å². The van der Waals surface area contributed by atoms with E-state index >= 15 is 0 Å². The molecule has 4 rings (SSSR count). The van der Waals surface area contributed by atoms with Gasteiger partial charge in [-0.2, -0.15) is 0 Å². The lowest BCUT2D eigenvalue weighted by Gasteiger charge is -2.22. The maximum absolute atomic E-state index is 12.3. The van der Waals surface area contributed by atoms with E-state index < -0.39 is 6.36 Å². The van der Waals surface area contributed by atoms with Gasteiger partial charge < -0.3 is 10.1 Å². The summed E-state index contributed by atoms with van der Waals surface area (Å²) in [6.07, 6.45) is -0.0146. The molecular weight excluding hydrogens is 361 g/mol. The third-order valence-corrected chi connectivity index (χ3v) is 5.31. The second-order valence-corrected chi connectivity index (χ2v) is 7.21. The number of halogens is 3. The molecule has 0 radical (unpaired) electrons. The molecule has 1 aromatic carbocycles. The van der Waals surface area contributed by atoms with E-state index in [0.29, 0.717) is 17.4 Å². The van der Waals surface area contributed by atoms with Crippen LogP contribution in [-0.4, -0.2) is 33.2 Å². The molecule has 0 unspecified atom stereocenters. The Bertz CT molecular complexity index is 847. The lowest BCUT2D eigenvalue weighted by molar-refractivity contribution is -0.274. The molecule has 2 aromatic rings. The Kier molecular flexibility index (Phi) is 4.32. The van der Waals surface area contributed by atoms with Crippen molar-refractivity contribution in [1.82, 2.24) is 15.0 Å². The lowest BCUT2D eigenvalue weighted by Crippen LogP contribution is -2.26. The molecule has 1 heterocycles. The number of rotatable bonds is 5. The number of ether oxygens (including phenoxy) is 1. The van der Waals surface area contributed by atoms with Crippen LogP contribution in [0.25, 0.3) is 5.69 Å². The van der Waals surface area contributed by atoms with Gasteiger partial charge in [-0.1, -0.05) is 6.42 Å². The molecule has 27 heavy (non-hydrogen) atoms. The van der Waals surface area contributed by atoms with Crippen molar-refractivity contribution in [2.75, 3.05) is 5.32 Å². The average Bonchev–Trinajstić information content (AvgIpc) is 3.29. The Morgan fingerprint density at radius 2 is 1.93 bits per heavy atom. The van der Waals surface area contributed by atoms with Crippen molar-refractivity contribution in [1.29, 1.82) is 0 Å². The molecule has 6 nitrogen and oxygen atoms in total. The zero-order valence-electron chi connectivity index (χ0n) is 14.7. The molecule has 1 aromatic heterocycles. The number of anilines is 1. The number of aromatic nitrogens is 3. The minimum absolute atomic E-state index is 0.219. The summed E-state index contributed by atoms with van der Waals surface area (Å²) >= 11 is 0. The molecule has 0 amide bonds. The highest BCUT2D eigenvalue weighted by Crippen LogP contribution is 2.45. The van der Waals surface area contributed by atoms with Crippen LogP contribution >= 0.6 is 0 Å². The van der Waals surface area contributed by atoms with E-state index in [0.717, 1.165) is 12.3 Å². The zero-order valence-corrected chi connectivity index (χ0v) is 14.7. The van der Waals surface area contributed by atoms with Crippen molar-refractivity contribution >= 4 is 11.6 Å². The molecular formula is C18H19F3N4O2. The van der Waals surface area contributed by atoms with Crippen LogP contribution in [0.3, 0.4) is 0 Å². The summed E-state index contributed by atoms with van der Waals surface area (Å²) in [5.41, 5.74) is 0.668. The van der Waals surface area contributed by atoms with Gasteiger partial charge in [0.2, 0.25) is 0 Å². The van der Waals surface area contributed by atoms with Crippen LogP contribution in [0.4, 0.5) is 19.0 Å². The Labute approximate surface area is 153 Å². The Hall–Kier alpha value is -2.58. The monoisotopic (exact) mass is 380 g/mol. The SMILES string of the molecule is CC(=O)c1nn(-c2ccc(OC(F)(F)F)cc2)nc1N[C@@H]1C[C@H]2CC[C@H]1C2. The number of carbonyl (C=O) groups excluding carboxylic acids is 1. The van der Waals surface area contributed by atoms with Crippen LogP contribution in [-0.2, 0) is 0 Å². The maximum atomic E-state index is 12.3. The van der Waals surface area contributed by atoms with E-state index in [1.165, 1.54) is 55.2 Å². The fourth-order valence-corrected chi connectivity index (χ4v) is 4.13. The molecule has 9 heteroatoms. The lowest BCUT2D eigenvalue weighted by atomic mass is 9.95. The summed E-state index contributed by atoms with van der Waals surface area (Å²) in [5.74, 6) is 1.22. The fraction of sp³-hybridized carbons (Fsp3) is 0.500. The summed E-state index contributed by atoms with van der Waals surface area (Å²) in [5, 5.41) is 11.9. The summed E-state index contributed by atoms with van der Waals surface area (Å²) in [6.45, 7) is 1.42. The molecule has 0 aliphatic heterocycles. The van der Waals surface area contributed by atoms with Gasteiger partial charge in [0.25, 0.3) is 0 Å². The number of nitrogens with zero attached hydrogens (tertiary/aromatic N) is 3. The van der Waals surface area contributed by atoms with Crippen LogP contribution in [0.2, 0.25) is 0 Å². The summed E-state index contributed by atoms with van der Waals surface area (Å²) in [7, 11) is 0. The standard InChI is InChI=1S/C18H19F3N4O2/c1-10(26)16-17(22-15-9-11-2-3-12(15)8-11)24-25(23-16)13-4-6-14(7-5-13)27-18(19,20)21/h4-7,11-12,15H,2-3,8-9H2,1H3,(H,22,24)/t11-,12-,15+/m0/s1. The summed E-state index contributed by atoms with van der Waals surface area (Å²) in [6, 6.07) is 5.47. The zero-order chi connectivity index (χ0) is 19.2. The van der Waals surface area contributed by atoms with Gasteiger partial charge in [0.05, 0.1) is 5.69 Å². The number of nitrogens with one attached hydrogen (secondary N) is 1. The van der Waals surface area contributed by atoms with Crippen molar-refractivity contribution in [2.24, 2.45) is 11.8 Å². The first-order valence-corrected chi connectivity index (χ1v) is 8.89. The number of fused-ring (bicyclic) bond motifs is 2. The van der Waals surface area contributed by atoms with Crippen LogP contribution in [0.15, 0.2) is 24.3 Å². The van der Waals surface area contributed by atoms with Crippen molar-refractivity contribution in [2.45, 2.75) is 45.0 Å². The van der Waals surface area contributed by atoms with Crippen LogP contribution in [0.5, 0.6) is 5.75 Å². The van der Waals surface area contributed by atoms with E-state index in [1.54, 1.807) is 0 Å². The third kappa shape index (κ3) is 3.77. The number of hydrogen-bond acceptors (Lipinski definition) is 5. The molecule has 2 aliphatic rings. The number of benzene rings is 1. The van der Waals surface area contributed by atoms with Crippen LogP contribution in [0, 0.1) is 11.8 Å². The second kappa shape index (κ2) is 6.54. The smallest absolute Gasteiger partial charge is 0.406 e. The van der Waals surface area contributed by atoms with Crippen LogP contribution < -0.4 is 10.1 Å². The number of ketones is 1. The van der Waals surface area contributed by atoms with Gasteiger partial charge in [0.15, 0.2) is 17.3 Å². The van der Waals surface area contributed by atoms with E-state index in [4.69, 9.17) is 0 Å². The fourth-order valence-electron chi connectivity index (χ4n) is 4.13. The van der Waals surface area contributed by atoms with Crippen LogP contribution in [0.1, 0.15) is 43.1 Å². The topological polar surface area (TPSA) is 69.0 Å². The molecule has 3 atom stereocenters. The van der Waals surface area contributed by atoms with Crippen molar-refractivity contribution < 1.29 is 22.7 Å². The van der Waals surface area contributed by atoms with E-state index in [-0.39, 0.29) is 23.3 Å². The number of Topliss-reactive ketones (excluding diaryl/α,β-unsaturated/α-hetero) is 1. The molecule has 2 bridgehead atoms. The molecule has 144 valence electrons. The minimum Gasteiger partial charge on any atom is -0.406 e. The highest BCUT2D eigenvalue weighted by molar-refractivity contribution is 5.96. The van der Waals surface area contributed by atoms with Gasteiger partial charge in [0, 0.05) is 13.0 Å². The minimum atomic E-state index is -4.75. The first-order chi connectivity index (χ1) is 12.8. The van der Waals surface area contributed by atoms with E-state index in [9.17, 15) is 18.0 Å². The number of hydrogen-bond donors (Lipinski definition) is 1. The number of alkyl halides is 3. The average molecular weight is 380 g/mol. The largest absolute Gasteiger partial charge is 0.573 e. The molecule has 2 saturated carbocycles.